The molecule has 0 bridgehead atoms. The molecule has 2 aromatic rings. The predicted octanol–water partition coefficient (Wildman–Crippen LogP) is 3.24. The Morgan fingerprint density at radius 1 is 1.19 bits per heavy atom. The molecule has 7 nitrogen and oxygen atoms in total. The summed E-state index contributed by atoms with van der Waals surface area (Å²) in [4.78, 5) is 17.1. The molecule has 1 N–H and O–H groups in total. The molecule has 1 aromatic heterocycles. The van der Waals surface area contributed by atoms with Crippen molar-refractivity contribution in [2.24, 2.45) is 0 Å². The maximum Gasteiger partial charge on any atom is 0.261 e. The van der Waals surface area contributed by atoms with Gasteiger partial charge in [-0.2, -0.15) is 11.8 Å². The summed E-state index contributed by atoms with van der Waals surface area (Å²) in [5, 5.41) is 2.84. The number of benzene rings is 1. The van der Waals surface area contributed by atoms with Crippen LogP contribution in [0.25, 0.3) is 0 Å². The Labute approximate surface area is 162 Å². The normalized spacial score (nSPS) is 15.9. The molecule has 27 heavy (non-hydrogen) atoms. The van der Waals surface area contributed by atoms with Gasteiger partial charge in [0.15, 0.2) is 11.5 Å². The number of thioether (sulfide) groups is 1. The Morgan fingerprint density at radius 2 is 1.93 bits per heavy atom. The highest BCUT2D eigenvalue weighted by atomic mass is 32.2. The number of anilines is 1. The molecule has 0 spiro atoms. The van der Waals surface area contributed by atoms with Gasteiger partial charge in [0.05, 0.1) is 21.3 Å². The van der Waals surface area contributed by atoms with Crippen LogP contribution in [0.4, 0.5) is 5.69 Å². The second kappa shape index (κ2) is 8.85. The summed E-state index contributed by atoms with van der Waals surface area (Å²) in [5.74, 6) is 3.36. The molecular weight excluding hydrogens is 368 g/mol. The van der Waals surface area contributed by atoms with Gasteiger partial charge in [0, 0.05) is 29.8 Å². The van der Waals surface area contributed by atoms with Crippen molar-refractivity contribution in [3.8, 4) is 23.1 Å². The lowest BCUT2D eigenvalue weighted by molar-refractivity contribution is 0.101. The number of methoxy groups -OCH3 is 3. The van der Waals surface area contributed by atoms with Crippen molar-refractivity contribution < 1.29 is 23.7 Å². The van der Waals surface area contributed by atoms with Crippen molar-refractivity contribution in [3.63, 3.8) is 0 Å². The molecular formula is C19H22N2O5S. The number of carbonyl (C=O) groups excluding carboxylic acids is 1. The van der Waals surface area contributed by atoms with Gasteiger partial charge in [-0.05, 0) is 24.3 Å². The fourth-order valence-corrected chi connectivity index (χ4v) is 3.87. The lowest BCUT2D eigenvalue weighted by Gasteiger charge is -2.16. The van der Waals surface area contributed by atoms with Crippen molar-refractivity contribution >= 4 is 23.4 Å². The first kappa shape index (κ1) is 19.2. The zero-order chi connectivity index (χ0) is 19.2. The van der Waals surface area contributed by atoms with Crippen molar-refractivity contribution in [2.45, 2.75) is 12.5 Å². The van der Waals surface area contributed by atoms with Crippen LogP contribution in [-0.2, 0) is 0 Å². The first-order chi connectivity index (χ1) is 13.2. The molecule has 1 aromatic carbocycles. The van der Waals surface area contributed by atoms with E-state index in [1.807, 2.05) is 11.8 Å². The Hall–Kier alpha value is -2.61. The highest BCUT2D eigenvalue weighted by Gasteiger charge is 2.22. The minimum atomic E-state index is -0.321. The van der Waals surface area contributed by atoms with E-state index in [0.717, 1.165) is 17.9 Å². The lowest BCUT2D eigenvalue weighted by atomic mass is 10.2. The summed E-state index contributed by atoms with van der Waals surface area (Å²) in [6.07, 6.45) is 2.65. The van der Waals surface area contributed by atoms with Crippen molar-refractivity contribution in [3.05, 3.63) is 36.0 Å². The van der Waals surface area contributed by atoms with Crippen molar-refractivity contribution in [1.82, 2.24) is 4.98 Å². The molecule has 1 unspecified atom stereocenters. The molecule has 0 saturated carbocycles. The third kappa shape index (κ3) is 4.39. The number of aromatic nitrogens is 1. The average molecular weight is 390 g/mol. The molecule has 1 amide bonds. The first-order valence-corrected chi connectivity index (χ1v) is 9.62. The van der Waals surface area contributed by atoms with Crippen LogP contribution in [0, 0.1) is 0 Å². The van der Waals surface area contributed by atoms with Crippen LogP contribution in [-0.4, -0.2) is 49.8 Å². The van der Waals surface area contributed by atoms with Crippen LogP contribution < -0.4 is 24.3 Å². The molecule has 2 heterocycles. The van der Waals surface area contributed by atoms with Crippen molar-refractivity contribution in [1.29, 1.82) is 0 Å². The summed E-state index contributed by atoms with van der Waals surface area (Å²) in [6, 6.07) is 6.74. The van der Waals surface area contributed by atoms with Gasteiger partial charge in [-0.1, -0.05) is 0 Å². The molecule has 1 aliphatic rings. The van der Waals surface area contributed by atoms with E-state index in [2.05, 4.69) is 10.3 Å². The third-order valence-corrected chi connectivity index (χ3v) is 5.24. The van der Waals surface area contributed by atoms with Gasteiger partial charge in [-0.25, -0.2) is 4.98 Å². The number of amides is 1. The number of nitrogens with zero attached hydrogens (tertiary/aromatic N) is 1. The Kier molecular flexibility index (Phi) is 6.28. The number of ether oxygens (including phenoxy) is 4. The number of nitrogens with one attached hydrogen (secondary N) is 1. The second-order valence-electron chi connectivity index (χ2n) is 5.83. The van der Waals surface area contributed by atoms with E-state index in [4.69, 9.17) is 18.9 Å². The van der Waals surface area contributed by atoms with Gasteiger partial charge in [0.1, 0.15) is 11.7 Å². The molecule has 8 heteroatoms. The largest absolute Gasteiger partial charge is 0.493 e. The maximum absolute atomic E-state index is 12.8. The van der Waals surface area contributed by atoms with E-state index >= 15 is 0 Å². The van der Waals surface area contributed by atoms with Gasteiger partial charge in [-0.3, -0.25) is 4.79 Å². The minimum absolute atomic E-state index is 0.0811. The third-order valence-electron chi connectivity index (χ3n) is 4.10. The summed E-state index contributed by atoms with van der Waals surface area (Å²) >= 11 is 1.84. The zero-order valence-electron chi connectivity index (χ0n) is 15.5. The van der Waals surface area contributed by atoms with Crippen LogP contribution in [0.2, 0.25) is 0 Å². The summed E-state index contributed by atoms with van der Waals surface area (Å²) < 4.78 is 21.9. The number of pyridine rings is 1. The molecule has 144 valence electrons. The molecule has 1 fully saturated rings. The van der Waals surface area contributed by atoms with Gasteiger partial charge >= 0.3 is 0 Å². The lowest BCUT2D eigenvalue weighted by Crippen LogP contribution is -2.20. The smallest absolute Gasteiger partial charge is 0.261 e. The fraction of sp³-hybridized carbons (Fsp3) is 0.368. The zero-order valence-corrected chi connectivity index (χ0v) is 16.3. The number of carbonyl (C=O) groups is 1. The van der Waals surface area contributed by atoms with E-state index < -0.39 is 0 Å². The van der Waals surface area contributed by atoms with E-state index in [9.17, 15) is 4.79 Å². The fourth-order valence-electron chi connectivity index (χ4n) is 2.77. The number of hydrogen-bond acceptors (Lipinski definition) is 7. The summed E-state index contributed by atoms with van der Waals surface area (Å²) in [5.41, 5.74) is 0.892. The monoisotopic (exact) mass is 390 g/mol. The van der Waals surface area contributed by atoms with Crippen LogP contribution in [0.15, 0.2) is 30.5 Å². The van der Waals surface area contributed by atoms with Crippen LogP contribution in [0.3, 0.4) is 0 Å². The number of hydrogen-bond donors (Lipinski definition) is 1. The first-order valence-electron chi connectivity index (χ1n) is 8.47. The quantitative estimate of drug-likeness (QED) is 0.777. The highest BCUT2D eigenvalue weighted by molar-refractivity contribution is 7.99. The Morgan fingerprint density at radius 3 is 2.52 bits per heavy atom. The summed E-state index contributed by atoms with van der Waals surface area (Å²) in [7, 11) is 4.57. The van der Waals surface area contributed by atoms with E-state index in [1.165, 1.54) is 21.3 Å². The minimum Gasteiger partial charge on any atom is -0.493 e. The van der Waals surface area contributed by atoms with E-state index in [1.54, 1.807) is 30.5 Å². The number of rotatable bonds is 7. The second-order valence-corrected chi connectivity index (χ2v) is 6.98. The van der Waals surface area contributed by atoms with Gasteiger partial charge < -0.3 is 24.3 Å². The van der Waals surface area contributed by atoms with E-state index in [0.29, 0.717) is 34.4 Å². The molecule has 0 radical (unpaired) electrons. The van der Waals surface area contributed by atoms with Gasteiger partial charge in [0.25, 0.3) is 5.91 Å². The van der Waals surface area contributed by atoms with Crippen LogP contribution in [0.1, 0.15) is 16.8 Å². The SMILES string of the molecule is COc1cc(NC(=O)c2cccnc2OC2CCSC2)cc(OC)c1OC. The molecule has 3 rings (SSSR count). The van der Waals surface area contributed by atoms with Gasteiger partial charge in [-0.15, -0.1) is 0 Å². The molecule has 0 aliphatic carbocycles. The topological polar surface area (TPSA) is 78.9 Å². The predicted molar refractivity (Wildman–Crippen MR) is 105 cm³/mol. The molecule has 1 aliphatic heterocycles. The van der Waals surface area contributed by atoms with Crippen LogP contribution in [0.5, 0.6) is 23.1 Å². The maximum atomic E-state index is 12.8. The van der Waals surface area contributed by atoms with Crippen LogP contribution >= 0.6 is 11.8 Å². The summed E-state index contributed by atoms with van der Waals surface area (Å²) in [6.45, 7) is 0. The molecule has 1 atom stereocenters. The van der Waals surface area contributed by atoms with E-state index in [-0.39, 0.29) is 12.0 Å². The Balaban J connectivity index is 1.83. The Bertz CT molecular complexity index is 783. The molecule has 1 saturated heterocycles. The average Bonchev–Trinajstić information content (AvgIpc) is 3.20. The highest BCUT2D eigenvalue weighted by Crippen LogP contribution is 2.40. The van der Waals surface area contributed by atoms with Gasteiger partial charge in [0.2, 0.25) is 11.6 Å². The standard InChI is InChI=1S/C19H22N2O5S/c1-23-15-9-12(10-16(24-2)17(15)25-3)21-18(22)14-5-4-7-20-19(14)26-13-6-8-27-11-13/h4-5,7,9-10,13H,6,8,11H2,1-3H3,(H,21,22). The van der Waals surface area contributed by atoms with Crippen molar-refractivity contribution in [2.75, 3.05) is 38.2 Å².